The lowest BCUT2D eigenvalue weighted by atomic mass is 10.0. The number of rotatable bonds is 9. The molecule has 30 heavy (non-hydrogen) atoms. The molecular weight excluding hydrogens is 378 g/mol. The third kappa shape index (κ3) is 6.83. The molecule has 0 radical (unpaired) electrons. The molecule has 1 aliphatic heterocycles. The Balaban J connectivity index is 1.36. The molecule has 3 rings (SSSR count). The molecule has 1 amide bonds. The molecule has 2 N–H and O–H groups in total. The van der Waals surface area contributed by atoms with Crippen LogP contribution in [0.1, 0.15) is 25.3 Å². The van der Waals surface area contributed by atoms with Gasteiger partial charge in [0, 0.05) is 38.4 Å². The summed E-state index contributed by atoms with van der Waals surface area (Å²) in [5.74, 6) is 1.23. The standard InChI is InChI=1S/C24H33N3O3/c1-19(2)22-10-6-7-11-23(22)30-18-21(28)16-26-12-14-27(15-13-26)17-24(29)25-20-8-4-3-5-9-20/h3-11,19,21,28H,12-18H2,1-2H3,(H,25,29). The average Bonchev–Trinajstić information content (AvgIpc) is 2.74. The molecule has 0 saturated carbocycles. The van der Waals surface area contributed by atoms with E-state index < -0.39 is 6.10 Å². The van der Waals surface area contributed by atoms with Crippen LogP contribution in [0.5, 0.6) is 5.75 Å². The van der Waals surface area contributed by atoms with Crippen molar-refractivity contribution in [2.24, 2.45) is 0 Å². The number of nitrogens with one attached hydrogen (secondary N) is 1. The second-order valence-corrected chi connectivity index (χ2v) is 8.15. The summed E-state index contributed by atoms with van der Waals surface area (Å²) in [6.07, 6.45) is -0.543. The monoisotopic (exact) mass is 411 g/mol. The third-order valence-corrected chi connectivity index (χ3v) is 5.33. The van der Waals surface area contributed by atoms with Gasteiger partial charge in [-0.3, -0.25) is 14.6 Å². The van der Waals surface area contributed by atoms with Gasteiger partial charge >= 0.3 is 0 Å². The molecule has 6 nitrogen and oxygen atoms in total. The second-order valence-electron chi connectivity index (χ2n) is 8.15. The first kappa shape index (κ1) is 22.3. The number of aliphatic hydroxyl groups excluding tert-OH is 1. The van der Waals surface area contributed by atoms with Crippen LogP contribution in [0.3, 0.4) is 0 Å². The summed E-state index contributed by atoms with van der Waals surface area (Å²) in [6.45, 7) is 8.81. The van der Waals surface area contributed by atoms with Crippen molar-refractivity contribution >= 4 is 11.6 Å². The van der Waals surface area contributed by atoms with Crippen LogP contribution < -0.4 is 10.1 Å². The number of amides is 1. The first-order valence-electron chi connectivity index (χ1n) is 10.7. The van der Waals surface area contributed by atoms with Crippen molar-refractivity contribution in [2.75, 3.05) is 51.2 Å². The van der Waals surface area contributed by atoms with E-state index in [-0.39, 0.29) is 12.5 Å². The molecule has 1 aliphatic rings. The quantitative estimate of drug-likeness (QED) is 0.664. The maximum Gasteiger partial charge on any atom is 0.238 e. The van der Waals surface area contributed by atoms with E-state index in [9.17, 15) is 9.90 Å². The maximum atomic E-state index is 12.2. The Morgan fingerprint density at radius 2 is 1.63 bits per heavy atom. The van der Waals surface area contributed by atoms with Crippen LogP contribution in [0.15, 0.2) is 54.6 Å². The molecule has 1 saturated heterocycles. The number of hydrogen-bond donors (Lipinski definition) is 2. The predicted molar refractivity (Wildman–Crippen MR) is 120 cm³/mol. The number of hydrogen-bond acceptors (Lipinski definition) is 5. The first-order chi connectivity index (χ1) is 14.5. The maximum absolute atomic E-state index is 12.2. The van der Waals surface area contributed by atoms with Gasteiger partial charge in [0.1, 0.15) is 18.5 Å². The average molecular weight is 412 g/mol. The van der Waals surface area contributed by atoms with Crippen molar-refractivity contribution < 1.29 is 14.6 Å². The fourth-order valence-corrected chi connectivity index (χ4v) is 3.68. The number of aliphatic hydroxyl groups is 1. The summed E-state index contributed by atoms with van der Waals surface area (Å²) < 4.78 is 5.89. The number of benzene rings is 2. The molecule has 162 valence electrons. The van der Waals surface area contributed by atoms with E-state index in [0.717, 1.165) is 43.2 Å². The van der Waals surface area contributed by atoms with Crippen molar-refractivity contribution in [3.8, 4) is 5.75 Å². The summed E-state index contributed by atoms with van der Waals surface area (Å²) >= 11 is 0. The Bertz CT molecular complexity index is 789. The Morgan fingerprint density at radius 1 is 1.00 bits per heavy atom. The lowest BCUT2D eigenvalue weighted by Gasteiger charge is -2.35. The van der Waals surface area contributed by atoms with Crippen LogP contribution in [-0.4, -0.2) is 72.8 Å². The molecule has 6 heteroatoms. The Labute approximate surface area is 179 Å². The van der Waals surface area contributed by atoms with Crippen LogP contribution in [0.2, 0.25) is 0 Å². The number of β-amino-alcohol motifs (C(OH)–C–C–N with tert-alkyl or cyclic N) is 1. The van der Waals surface area contributed by atoms with Gasteiger partial charge in [-0.15, -0.1) is 0 Å². The minimum absolute atomic E-state index is 0.00639. The normalized spacial score (nSPS) is 16.4. The highest BCUT2D eigenvalue weighted by molar-refractivity contribution is 5.92. The number of nitrogens with zero attached hydrogens (tertiary/aromatic N) is 2. The smallest absolute Gasteiger partial charge is 0.238 e. The SMILES string of the molecule is CC(C)c1ccccc1OCC(O)CN1CCN(CC(=O)Nc2ccccc2)CC1. The fraction of sp³-hybridized carbons (Fsp3) is 0.458. The van der Waals surface area contributed by atoms with Gasteiger partial charge in [0.25, 0.3) is 0 Å². The lowest BCUT2D eigenvalue weighted by Crippen LogP contribution is -2.50. The second kappa shape index (κ2) is 11.1. The largest absolute Gasteiger partial charge is 0.491 e. The summed E-state index contributed by atoms with van der Waals surface area (Å²) in [7, 11) is 0. The summed E-state index contributed by atoms with van der Waals surface area (Å²) in [4.78, 5) is 16.6. The number of carbonyl (C=O) groups is 1. The number of carbonyl (C=O) groups excluding carboxylic acids is 1. The lowest BCUT2D eigenvalue weighted by molar-refractivity contribution is -0.117. The molecule has 1 unspecified atom stereocenters. The van der Waals surface area contributed by atoms with Crippen LogP contribution in [0.25, 0.3) is 0 Å². The van der Waals surface area contributed by atoms with E-state index >= 15 is 0 Å². The molecule has 1 heterocycles. The van der Waals surface area contributed by atoms with Gasteiger partial charge in [-0.25, -0.2) is 0 Å². The zero-order valence-corrected chi connectivity index (χ0v) is 18.0. The van der Waals surface area contributed by atoms with Crippen molar-refractivity contribution in [1.82, 2.24) is 9.80 Å². The van der Waals surface area contributed by atoms with Crippen LogP contribution in [0, 0.1) is 0 Å². The summed E-state index contributed by atoms with van der Waals surface area (Å²) in [5, 5.41) is 13.3. The van der Waals surface area contributed by atoms with Gasteiger partial charge in [-0.2, -0.15) is 0 Å². The highest BCUT2D eigenvalue weighted by atomic mass is 16.5. The van der Waals surface area contributed by atoms with Gasteiger partial charge in [-0.1, -0.05) is 50.2 Å². The third-order valence-electron chi connectivity index (χ3n) is 5.33. The number of para-hydroxylation sites is 2. The van der Waals surface area contributed by atoms with Crippen LogP contribution in [-0.2, 0) is 4.79 Å². The molecule has 0 bridgehead atoms. The van der Waals surface area contributed by atoms with Gasteiger partial charge in [0.15, 0.2) is 0 Å². The van der Waals surface area contributed by atoms with E-state index in [2.05, 4.69) is 35.0 Å². The molecule has 2 aromatic carbocycles. The van der Waals surface area contributed by atoms with Gasteiger partial charge in [-0.05, 0) is 29.7 Å². The molecule has 0 aliphatic carbocycles. The topological polar surface area (TPSA) is 65.0 Å². The summed E-state index contributed by atoms with van der Waals surface area (Å²) in [6, 6.07) is 17.5. The number of anilines is 1. The molecule has 0 spiro atoms. The Hall–Kier alpha value is -2.41. The fourth-order valence-electron chi connectivity index (χ4n) is 3.68. The minimum atomic E-state index is -0.543. The number of piperazine rings is 1. The highest BCUT2D eigenvalue weighted by Gasteiger charge is 2.21. The first-order valence-corrected chi connectivity index (χ1v) is 10.7. The minimum Gasteiger partial charge on any atom is -0.491 e. The van der Waals surface area contributed by atoms with E-state index in [1.807, 2.05) is 48.5 Å². The van der Waals surface area contributed by atoms with Crippen molar-refractivity contribution in [3.63, 3.8) is 0 Å². The van der Waals surface area contributed by atoms with Crippen LogP contribution in [0.4, 0.5) is 5.69 Å². The van der Waals surface area contributed by atoms with E-state index in [0.29, 0.717) is 19.0 Å². The summed E-state index contributed by atoms with van der Waals surface area (Å²) in [5.41, 5.74) is 1.98. The number of ether oxygens (including phenoxy) is 1. The zero-order chi connectivity index (χ0) is 21.3. The predicted octanol–water partition coefficient (Wildman–Crippen LogP) is 2.81. The Kier molecular flexibility index (Phi) is 8.25. The van der Waals surface area contributed by atoms with Gasteiger partial charge in [0.05, 0.1) is 6.54 Å². The van der Waals surface area contributed by atoms with E-state index in [1.165, 1.54) is 0 Å². The van der Waals surface area contributed by atoms with Gasteiger partial charge < -0.3 is 15.2 Å². The van der Waals surface area contributed by atoms with E-state index in [4.69, 9.17) is 4.74 Å². The molecule has 2 aromatic rings. The van der Waals surface area contributed by atoms with Gasteiger partial charge in [0.2, 0.25) is 5.91 Å². The molecule has 1 atom stereocenters. The van der Waals surface area contributed by atoms with Crippen LogP contribution >= 0.6 is 0 Å². The van der Waals surface area contributed by atoms with E-state index in [1.54, 1.807) is 0 Å². The van der Waals surface area contributed by atoms with Crippen molar-refractivity contribution in [3.05, 3.63) is 60.2 Å². The molecular formula is C24H33N3O3. The Morgan fingerprint density at radius 3 is 2.33 bits per heavy atom. The molecule has 0 aromatic heterocycles. The molecule has 1 fully saturated rings. The highest BCUT2D eigenvalue weighted by Crippen LogP contribution is 2.25. The van der Waals surface area contributed by atoms with Crippen molar-refractivity contribution in [1.29, 1.82) is 0 Å². The van der Waals surface area contributed by atoms with Crippen molar-refractivity contribution in [2.45, 2.75) is 25.9 Å². The zero-order valence-electron chi connectivity index (χ0n) is 18.0.